The molecule has 2 fully saturated rings. The van der Waals surface area contributed by atoms with Gasteiger partial charge in [0, 0.05) is 55.2 Å². The number of carbonyl (C=O) groups excluding carboxylic acids is 1. The van der Waals surface area contributed by atoms with Crippen LogP contribution in [0.1, 0.15) is 36.0 Å². The largest absolute Gasteiger partial charge is 0.460 e. The summed E-state index contributed by atoms with van der Waals surface area (Å²) < 4.78 is 12.9. The molecule has 4 heterocycles. The Hall–Kier alpha value is -2.06. The number of rotatable bonds is 3. The zero-order valence-electron chi connectivity index (χ0n) is 14.9. The first-order valence-corrected chi connectivity index (χ1v) is 9.90. The molecule has 0 bridgehead atoms. The zero-order valence-corrected chi connectivity index (χ0v) is 16.5. The molecule has 0 N–H and O–H groups in total. The Bertz CT molecular complexity index is 797. The second-order valence-corrected chi connectivity index (χ2v) is 7.90. The average molecular weight is 433 g/mol. The number of hydrogen-bond acceptors (Lipinski definition) is 6. The molecule has 2 aromatic heterocycles. The van der Waals surface area contributed by atoms with E-state index in [-0.39, 0.29) is 17.6 Å². The topological polar surface area (TPSA) is 77.4 Å². The number of amides is 1. The number of piperidine rings is 1. The minimum absolute atomic E-state index is 0.0138. The maximum absolute atomic E-state index is 12.7. The summed E-state index contributed by atoms with van der Waals surface area (Å²) >= 11 is 3.37. The maximum atomic E-state index is 12.7. The van der Waals surface area contributed by atoms with Gasteiger partial charge in [-0.2, -0.15) is 0 Å². The summed E-state index contributed by atoms with van der Waals surface area (Å²) in [5.41, 5.74) is 0.372. The average Bonchev–Trinajstić information content (AvgIpc) is 2.69. The molecule has 27 heavy (non-hydrogen) atoms. The lowest BCUT2D eigenvalue weighted by Gasteiger charge is -2.45. The van der Waals surface area contributed by atoms with Crippen molar-refractivity contribution < 1.29 is 14.3 Å². The van der Waals surface area contributed by atoms with E-state index in [9.17, 15) is 4.79 Å². The first-order valence-electron chi connectivity index (χ1n) is 9.11. The summed E-state index contributed by atoms with van der Waals surface area (Å²) in [6.07, 6.45) is 9.91. The number of nitrogens with zero attached hydrogens (tertiary/aromatic N) is 4. The van der Waals surface area contributed by atoms with Gasteiger partial charge in [-0.1, -0.05) is 0 Å². The predicted molar refractivity (Wildman–Crippen MR) is 101 cm³/mol. The van der Waals surface area contributed by atoms with Crippen molar-refractivity contribution >= 4 is 21.8 Å². The summed E-state index contributed by atoms with van der Waals surface area (Å²) in [6, 6.07) is 3.99. The lowest BCUT2D eigenvalue weighted by molar-refractivity contribution is -0.136. The first kappa shape index (κ1) is 18.3. The molecule has 0 saturated carbocycles. The second kappa shape index (κ2) is 7.90. The van der Waals surface area contributed by atoms with Crippen LogP contribution in [0.3, 0.4) is 0 Å². The van der Waals surface area contributed by atoms with Crippen LogP contribution in [0.5, 0.6) is 6.01 Å². The fourth-order valence-electron chi connectivity index (χ4n) is 3.76. The van der Waals surface area contributed by atoms with Gasteiger partial charge in [0.05, 0.1) is 17.8 Å². The highest BCUT2D eigenvalue weighted by Crippen LogP contribution is 2.36. The van der Waals surface area contributed by atoms with Crippen LogP contribution < -0.4 is 4.74 Å². The Morgan fingerprint density at radius 3 is 2.78 bits per heavy atom. The fraction of sp³-hybridized carbons (Fsp3) is 0.474. The van der Waals surface area contributed by atoms with Gasteiger partial charge in [0.15, 0.2) is 0 Å². The zero-order chi connectivity index (χ0) is 18.7. The third-order valence-corrected chi connectivity index (χ3v) is 5.61. The monoisotopic (exact) mass is 432 g/mol. The molecule has 0 aliphatic carbocycles. The Morgan fingerprint density at radius 2 is 2.04 bits per heavy atom. The van der Waals surface area contributed by atoms with Crippen LogP contribution in [0.2, 0.25) is 0 Å². The SMILES string of the molecule is O=C(c1cncc(Br)c1)N1CCC2(CC1)CC(Oc1ncccn1)CCO2. The van der Waals surface area contributed by atoms with E-state index in [1.54, 1.807) is 36.9 Å². The molecule has 1 spiro atoms. The van der Waals surface area contributed by atoms with E-state index in [2.05, 4.69) is 30.9 Å². The van der Waals surface area contributed by atoms with Crippen LogP contribution >= 0.6 is 15.9 Å². The molecule has 142 valence electrons. The molecule has 2 saturated heterocycles. The van der Waals surface area contributed by atoms with E-state index in [0.717, 1.165) is 30.2 Å². The van der Waals surface area contributed by atoms with Gasteiger partial charge in [-0.05, 0) is 40.9 Å². The highest BCUT2D eigenvalue weighted by atomic mass is 79.9. The van der Waals surface area contributed by atoms with Gasteiger partial charge >= 0.3 is 6.01 Å². The quantitative estimate of drug-likeness (QED) is 0.741. The Balaban J connectivity index is 1.37. The Morgan fingerprint density at radius 1 is 1.26 bits per heavy atom. The van der Waals surface area contributed by atoms with Crippen molar-refractivity contribution in [2.45, 2.75) is 37.4 Å². The minimum atomic E-state index is -0.232. The van der Waals surface area contributed by atoms with Crippen molar-refractivity contribution in [3.8, 4) is 6.01 Å². The second-order valence-electron chi connectivity index (χ2n) is 6.98. The number of carbonyl (C=O) groups is 1. The van der Waals surface area contributed by atoms with Crippen LogP contribution in [-0.4, -0.2) is 57.2 Å². The summed E-state index contributed by atoms with van der Waals surface area (Å²) in [6.45, 7) is 1.99. The van der Waals surface area contributed by atoms with E-state index >= 15 is 0 Å². The van der Waals surface area contributed by atoms with Crippen LogP contribution in [0, 0.1) is 0 Å². The van der Waals surface area contributed by atoms with E-state index in [1.165, 1.54) is 0 Å². The van der Waals surface area contributed by atoms with Crippen molar-refractivity contribution in [1.82, 2.24) is 19.9 Å². The molecular weight excluding hydrogens is 412 g/mol. The lowest BCUT2D eigenvalue weighted by Crippen LogP contribution is -2.52. The number of hydrogen-bond donors (Lipinski definition) is 0. The predicted octanol–water partition coefficient (Wildman–Crippen LogP) is 2.87. The van der Waals surface area contributed by atoms with Gasteiger partial charge in [0.25, 0.3) is 5.91 Å². The van der Waals surface area contributed by atoms with Gasteiger partial charge in [-0.25, -0.2) is 9.97 Å². The van der Waals surface area contributed by atoms with Crippen LogP contribution in [0.25, 0.3) is 0 Å². The van der Waals surface area contributed by atoms with Crippen molar-refractivity contribution in [2.75, 3.05) is 19.7 Å². The molecule has 2 aliphatic heterocycles. The summed E-state index contributed by atoms with van der Waals surface area (Å²) in [4.78, 5) is 27.0. The molecule has 8 heteroatoms. The fourth-order valence-corrected chi connectivity index (χ4v) is 4.12. The minimum Gasteiger partial charge on any atom is -0.460 e. The number of aromatic nitrogens is 3. The van der Waals surface area contributed by atoms with Crippen molar-refractivity contribution in [2.24, 2.45) is 0 Å². The van der Waals surface area contributed by atoms with Gasteiger partial charge < -0.3 is 14.4 Å². The standard InChI is InChI=1S/C19H21BrN4O3/c20-15-10-14(12-21-13-15)17(25)24-7-3-19(4-8-24)11-16(2-9-26-19)27-18-22-5-1-6-23-18/h1,5-6,10,12-13,16H,2-4,7-9,11H2. The maximum Gasteiger partial charge on any atom is 0.316 e. The molecule has 1 amide bonds. The Labute approximate surface area is 166 Å². The Kier molecular flexibility index (Phi) is 5.36. The molecule has 1 unspecified atom stereocenters. The van der Waals surface area contributed by atoms with Gasteiger partial charge in [0.1, 0.15) is 6.10 Å². The third-order valence-electron chi connectivity index (χ3n) is 5.18. The van der Waals surface area contributed by atoms with Crippen molar-refractivity contribution in [1.29, 1.82) is 0 Å². The number of ether oxygens (including phenoxy) is 2. The summed E-state index contributed by atoms with van der Waals surface area (Å²) in [5, 5.41) is 0. The lowest BCUT2D eigenvalue weighted by atomic mass is 9.83. The number of likely N-dealkylation sites (tertiary alicyclic amines) is 1. The first-order chi connectivity index (χ1) is 13.1. The summed E-state index contributed by atoms with van der Waals surface area (Å²) in [7, 11) is 0. The van der Waals surface area contributed by atoms with E-state index < -0.39 is 0 Å². The molecule has 0 aromatic carbocycles. The summed E-state index contributed by atoms with van der Waals surface area (Å²) in [5.74, 6) is 0.0138. The molecule has 2 aliphatic rings. The normalized spacial score (nSPS) is 21.8. The number of pyridine rings is 1. The van der Waals surface area contributed by atoms with Crippen LogP contribution in [0.4, 0.5) is 0 Å². The van der Waals surface area contributed by atoms with Gasteiger partial charge in [-0.15, -0.1) is 0 Å². The van der Waals surface area contributed by atoms with Crippen LogP contribution in [0.15, 0.2) is 41.4 Å². The van der Waals surface area contributed by atoms with Crippen LogP contribution in [-0.2, 0) is 4.74 Å². The number of halogens is 1. The van der Waals surface area contributed by atoms with Gasteiger partial charge in [-0.3, -0.25) is 9.78 Å². The molecule has 1 atom stereocenters. The molecule has 0 radical (unpaired) electrons. The van der Waals surface area contributed by atoms with E-state index in [1.807, 2.05) is 4.90 Å². The molecule has 4 rings (SSSR count). The van der Waals surface area contributed by atoms with Crippen molar-refractivity contribution in [3.05, 3.63) is 47.0 Å². The van der Waals surface area contributed by atoms with E-state index in [0.29, 0.717) is 31.3 Å². The smallest absolute Gasteiger partial charge is 0.316 e. The van der Waals surface area contributed by atoms with Crippen molar-refractivity contribution in [3.63, 3.8) is 0 Å². The van der Waals surface area contributed by atoms with E-state index in [4.69, 9.17) is 9.47 Å². The highest BCUT2D eigenvalue weighted by Gasteiger charge is 2.42. The molecule has 7 nitrogen and oxygen atoms in total. The third kappa shape index (κ3) is 4.27. The van der Waals surface area contributed by atoms with Gasteiger partial charge in [0.2, 0.25) is 0 Å². The molecular formula is C19H21BrN4O3. The molecule has 2 aromatic rings. The highest BCUT2D eigenvalue weighted by molar-refractivity contribution is 9.10.